The first-order chi connectivity index (χ1) is 35.7. The Hall–Kier alpha value is -8.48. The Balaban J connectivity index is 1.17. The molecule has 0 fully saturated rings. The number of benzene rings is 4. The number of ether oxygens (including phenoxy) is 2. The van der Waals surface area contributed by atoms with Gasteiger partial charge in [0.05, 0.1) is 59.7 Å². The van der Waals surface area contributed by atoms with Gasteiger partial charge in [0.25, 0.3) is 0 Å². The molecule has 0 spiro atoms. The second-order valence-corrected chi connectivity index (χ2v) is 18.6. The molecule has 0 atom stereocenters. The number of aryl methyl sites for hydroxylation is 2. The summed E-state index contributed by atoms with van der Waals surface area (Å²) in [7, 11) is 19.2. The number of hydrogen-bond acceptors (Lipinski definition) is 14. The number of carbonyl (C=O) groups excluding carboxylic acids is 2. The van der Waals surface area contributed by atoms with Crippen molar-refractivity contribution in [3.63, 3.8) is 0 Å². The monoisotopic (exact) mass is 999 g/mol. The number of fused-ring (bicyclic) bond motifs is 2. The molecule has 4 aromatic carbocycles. The predicted octanol–water partition coefficient (Wildman–Crippen LogP) is 8.63. The Kier molecular flexibility index (Phi) is 16.1. The van der Waals surface area contributed by atoms with E-state index in [1.54, 1.807) is 32.7 Å². The van der Waals surface area contributed by atoms with Gasteiger partial charge < -0.3 is 54.2 Å². The molecule has 74 heavy (non-hydrogen) atoms. The lowest BCUT2D eigenvalue weighted by molar-refractivity contribution is -0.117. The third-order valence-corrected chi connectivity index (χ3v) is 12.9. The fraction of sp³-hybridized carbons (Fsp3) is 0.286. The summed E-state index contributed by atoms with van der Waals surface area (Å²) in [5.74, 6) is 0.707. The summed E-state index contributed by atoms with van der Waals surface area (Å²) >= 11 is 0. The second-order valence-electron chi connectivity index (χ2n) is 18.6. The molecule has 4 heterocycles. The van der Waals surface area contributed by atoms with Crippen LogP contribution in [-0.2, 0) is 23.7 Å². The van der Waals surface area contributed by atoms with E-state index in [-0.39, 0.29) is 24.8 Å². The minimum Gasteiger partial charge on any atom is -0.494 e. The number of rotatable bonds is 22. The lowest BCUT2D eigenvalue weighted by Crippen LogP contribution is -2.31. The fourth-order valence-corrected chi connectivity index (χ4v) is 8.89. The van der Waals surface area contributed by atoms with Crippen LogP contribution in [0.4, 0.5) is 46.0 Å². The molecule has 3 N–H and O–H groups in total. The van der Waals surface area contributed by atoms with E-state index in [2.05, 4.69) is 71.2 Å². The van der Waals surface area contributed by atoms with Crippen molar-refractivity contribution in [2.45, 2.75) is 6.42 Å². The Morgan fingerprint density at radius 1 is 0.649 bits per heavy atom. The standard InChI is InChI=1S/C56H66N14O4/c1-12-53(71)60-44-32-50(52(74-11)34-49(44)67(7)30-28-65(4)5)70(56-59-25-22-42(63-56)40-36-69(9)47-20-16-14-18-38(40)47)54(72)23-26-57-43-31-45(51(73-10)33-48(43)66(6)29-27-64(2)3)62-55-58-24-21-41(61-55)39-35-68(8)46-19-15-13-17-37(39)46/h12-22,24-25,31-36,57H,1,23,26-30H2,2-11H3,(H,60,71)(H,58,61,62). The molecule has 0 aliphatic heterocycles. The molecule has 384 valence electrons. The lowest BCUT2D eigenvalue weighted by Gasteiger charge is -2.29. The molecule has 2 amide bonds. The maximum Gasteiger partial charge on any atom is 0.247 e. The Morgan fingerprint density at radius 2 is 1.20 bits per heavy atom. The predicted molar refractivity (Wildman–Crippen MR) is 300 cm³/mol. The highest BCUT2D eigenvalue weighted by atomic mass is 16.5. The molecule has 0 saturated heterocycles. The lowest BCUT2D eigenvalue weighted by atomic mass is 10.1. The molecule has 4 aromatic heterocycles. The van der Waals surface area contributed by atoms with Crippen LogP contribution in [0, 0.1) is 0 Å². The average molecular weight is 999 g/mol. The number of aromatic nitrogens is 6. The molecule has 0 unspecified atom stereocenters. The number of nitrogens with zero attached hydrogens (tertiary/aromatic N) is 11. The summed E-state index contributed by atoms with van der Waals surface area (Å²) in [6, 6.07) is 27.5. The first-order valence-electron chi connectivity index (χ1n) is 24.4. The zero-order valence-corrected chi connectivity index (χ0v) is 44.0. The maximum atomic E-state index is 15.3. The van der Waals surface area contributed by atoms with Crippen LogP contribution in [0.1, 0.15) is 6.42 Å². The van der Waals surface area contributed by atoms with E-state index in [9.17, 15) is 4.79 Å². The molecule has 18 heteroatoms. The third-order valence-electron chi connectivity index (χ3n) is 12.9. The van der Waals surface area contributed by atoms with Crippen molar-refractivity contribution in [2.24, 2.45) is 14.1 Å². The Labute approximate surface area is 432 Å². The van der Waals surface area contributed by atoms with Gasteiger partial charge in [0.15, 0.2) is 0 Å². The van der Waals surface area contributed by atoms with Crippen LogP contribution in [0.2, 0.25) is 0 Å². The van der Waals surface area contributed by atoms with E-state index in [4.69, 9.17) is 24.4 Å². The Morgan fingerprint density at radius 3 is 1.78 bits per heavy atom. The molecule has 0 bridgehead atoms. The summed E-state index contributed by atoms with van der Waals surface area (Å²) in [5, 5.41) is 12.1. The molecule has 0 aliphatic rings. The van der Waals surface area contributed by atoms with E-state index < -0.39 is 5.91 Å². The van der Waals surface area contributed by atoms with Crippen molar-refractivity contribution in [1.29, 1.82) is 0 Å². The minimum atomic E-state index is -0.413. The molecule has 0 saturated carbocycles. The van der Waals surface area contributed by atoms with Crippen molar-refractivity contribution < 1.29 is 19.1 Å². The number of carbonyl (C=O) groups is 2. The normalized spacial score (nSPS) is 11.3. The van der Waals surface area contributed by atoms with Gasteiger partial charge in [-0.25, -0.2) is 24.8 Å². The topological polar surface area (TPSA) is 166 Å². The van der Waals surface area contributed by atoms with Gasteiger partial charge in [-0.05, 0) is 70.7 Å². The number of likely N-dealkylation sites (N-methyl/N-ethyl adjacent to an activating group) is 4. The van der Waals surface area contributed by atoms with E-state index >= 15 is 4.79 Å². The van der Waals surface area contributed by atoms with E-state index in [1.165, 1.54) is 11.0 Å². The van der Waals surface area contributed by atoms with Gasteiger partial charge in [0.2, 0.25) is 23.7 Å². The van der Waals surface area contributed by atoms with E-state index in [0.717, 1.165) is 63.1 Å². The van der Waals surface area contributed by atoms with Gasteiger partial charge in [0, 0.05) is 137 Å². The highest BCUT2D eigenvalue weighted by molar-refractivity contribution is 6.06. The van der Waals surface area contributed by atoms with Gasteiger partial charge in [-0.15, -0.1) is 0 Å². The van der Waals surface area contributed by atoms with Crippen molar-refractivity contribution >= 4 is 79.6 Å². The Bertz CT molecular complexity index is 3310. The van der Waals surface area contributed by atoms with Crippen LogP contribution in [-0.4, -0.2) is 140 Å². The van der Waals surface area contributed by atoms with Gasteiger partial charge in [-0.2, -0.15) is 0 Å². The van der Waals surface area contributed by atoms with Crippen molar-refractivity contribution in [3.8, 4) is 34.0 Å². The number of nitrogens with one attached hydrogen (secondary N) is 3. The number of methoxy groups -OCH3 is 2. The smallest absolute Gasteiger partial charge is 0.247 e. The highest BCUT2D eigenvalue weighted by Crippen LogP contribution is 2.43. The van der Waals surface area contributed by atoms with Crippen LogP contribution >= 0.6 is 0 Å². The van der Waals surface area contributed by atoms with E-state index in [0.29, 0.717) is 59.0 Å². The second kappa shape index (κ2) is 22.9. The maximum absolute atomic E-state index is 15.3. The average Bonchev–Trinajstić information content (AvgIpc) is 3.93. The first-order valence-corrected chi connectivity index (χ1v) is 24.4. The van der Waals surface area contributed by atoms with Gasteiger partial charge >= 0.3 is 0 Å². The van der Waals surface area contributed by atoms with Gasteiger partial charge in [-0.3, -0.25) is 9.59 Å². The first kappa shape index (κ1) is 51.9. The number of amides is 2. The van der Waals surface area contributed by atoms with Crippen molar-refractivity contribution in [3.05, 3.63) is 122 Å². The van der Waals surface area contributed by atoms with Gasteiger partial charge in [0.1, 0.15) is 11.5 Å². The quantitative estimate of drug-likeness (QED) is 0.0553. The zero-order valence-electron chi connectivity index (χ0n) is 44.0. The summed E-state index contributed by atoms with van der Waals surface area (Å²) in [6.07, 6.45) is 8.68. The SMILES string of the molecule is C=CC(=O)Nc1cc(N(C(=O)CCNc2cc(Nc3nccc(-c4cn(C)c5ccccc45)n3)c(OC)cc2N(C)CCN(C)C)c2nccc(-c3cn(C)c4ccccc34)n2)c(OC)cc1N(C)CCN(C)C. The van der Waals surface area contributed by atoms with Crippen LogP contribution < -0.4 is 40.1 Å². The molecule has 8 aromatic rings. The third kappa shape index (κ3) is 11.4. The van der Waals surface area contributed by atoms with Crippen molar-refractivity contribution in [1.82, 2.24) is 38.9 Å². The number of para-hydroxylation sites is 2. The fourth-order valence-electron chi connectivity index (χ4n) is 8.89. The zero-order chi connectivity index (χ0) is 52.6. The summed E-state index contributed by atoms with van der Waals surface area (Å²) in [6.45, 7) is 6.77. The summed E-state index contributed by atoms with van der Waals surface area (Å²) in [5.41, 5.74) is 9.08. The van der Waals surface area contributed by atoms with Crippen LogP contribution in [0.3, 0.4) is 0 Å². The van der Waals surface area contributed by atoms with Crippen LogP contribution in [0.25, 0.3) is 44.3 Å². The molecule has 0 aliphatic carbocycles. The molecule has 8 rings (SSSR count). The molecular weight excluding hydrogens is 933 g/mol. The minimum absolute atomic E-state index is 0.0182. The van der Waals surface area contributed by atoms with Crippen LogP contribution in [0.15, 0.2) is 122 Å². The summed E-state index contributed by atoms with van der Waals surface area (Å²) < 4.78 is 16.2. The largest absolute Gasteiger partial charge is 0.494 e. The van der Waals surface area contributed by atoms with Crippen LogP contribution in [0.5, 0.6) is 11.5 Å². The molecule has 18 nitrogen and oxygen atoms in total. The van der Waals surface area contributed by atoms with Gasteiger partial charge in [-0.1, -0.05) is 43.0 Å². The highest BCUT2D eigenvalue weighted by Gasteiger charge is 2.28. The van der Waals surface area contributed by atoms with E-state index in [1.807, 2.05) is 133 Å². The number of anilines is 8. The molecular formula is C56H66N14O4. The molecule has 0 radical (unpaired) electrons. The summed E-state index contributed by atoms with van der Waals surface area (Å²) in [4.78, 5) is 57.5. The van der Waals surface area contributed by atoms with Crippen molar-refractivity contribution in [2.75, 3.05) is 120 Å². The number of hydrogen-bond donors (Lipinski definition) is 3.